The summed E-state index contributed by atoms with van der Waals surface area (Å²) >= 11 is 0. The van der Waals surface area contributed by atoms with Gasteiger partial charge in [0.25, 0.3) is 0 Å². The van der Waals surface area contributed by atoms with Crippen LogP contribution in [0.2, 0.25) is 0 Å². The van der Waals surface area contributed by atoms with Crippen LogP contribution in [0.25, 0.3) is 0 Å². The molecule has 0 saturated carbocycles. The number of hydrogen-bond donors (Lipinski definition) is 2. The summed E-state index contributed by atoms with van der Waals surface area (Å²) in [5, 5.41) is 11.2. The number of carbonyl (C=O) groups excluding carboxylic acids is 1. The second-order valence-electron chi connectivity index (χ2n) is 3.20. The molecule has 0 aromatic carbocycles. The predicted molar refractivity (Wildman–Crippen MR) is 53.9 cm³/mol. The van der Waals surface area contributed by atoms with Gasteiger partial charge in [0.05, 0.1) is 0 Å². The second-order valence-corrected chi connectivity index (χ2v) is 3.20. The first-order valence-electron chi connectivity index (χ1n) is 4.69. The van der Waals surface area contributed by atoms with Crippen LogP contribution in [-0.2, 0) is 9.59 Å². The van der Waals surface area contributed by atoms with Gasteiger partial charge in [-0.2, -0.15) is 0 Å². The molecule has 0 rings (SSSR count). The molecular weight excluding hydrogens is 182 g/mol. The monoisotopic (exact) mass is 199 g/mol. The SMILES string of the molecule is C=C(CCCCCNC(C)=O)C(=O)O. The first-order chi connectivity index (χ1) is 6.54. The highest BCUT2D eigenvalue weighted by molar-refractivity contribution is 5.85. The van der Waals surface area contributed by atoms with Gasteiger partial charge in [0.1, 0.15) is 0 Å². The average molecular weight is 199 g/mol. The molecule has 0 atom stereocenters. The zero-order valence-electron chi connectivity index (χ0n) is 8.51. The summed E-state index contributed by atoms with van der Waals surface area (Å²) in [6, 6.07) is 0. The van der Waals surface area contributed by atoms with Gasteiger partial charge in [0.2, 0.25) is 5.91 Å². The number of hydrogen-bond acceptors (Lipinski definition) is 2. The molecule has 0 aliphatic rings. The number of unbranched alkanes of at least 4 members (excludes halogenated alkanes) is 2. The molecule has 0 bridgehead atoms. The lowest BCUT2D eigenvalue weighted by Crippen LogP contribution is -2.20. The van der Waals surface area contributed by atoms with E-state index >= 15 is 0 Å². The largest absolute Gasteiger partial charge is 0.478 e. The van der Waals surface area contributed by atoms with Crippen molar-refractivity contribution in [1.82, 2.24) is 5.32 Å². The molecule has 0 aromatic heterocycles. The minimum Gasteiger partial charge on any atom is -0.478 e. The summed E-state index contributed by atoms with van der Waals surface area (Å²) in [7, 11) is 0. The van der Waals surface area contributed by atoms with E-state index in [-0.39, 0.29) is 11.5 Å². The number of rotatable bonds is 7. The molecule has 14 heavy (non-hydrogen) atoms. The van der Waals surface area contributed by atoms with Crippen LogP contribution in [0.5, 0.6) is 0 Å². The van der Waals surface area contributed by atoms with Gasteiger partial charge in [-0.05, 0) is 19.3 Å². The molecule has 0 heterocycles. The van der Waals surface area contributed by atoms with Crippen LogP contribution in [0.1, 0.15) is 32.6 Å². The Kier molecular flexibility index (Phi) is 6.45. The van der Waals surface area contributed by atoms with Crippen LogP contribution in [0.3, 0.4) is 0 Å². The minimum atomic E-state index is -0.924. The van der Waals surface area contributed by atoms with Gasteiger partial charge >= 0.3 is 5.97 Å². The Hall–Kier alpha value is -1.32. The fraction of sp³-hybridized carbons (Fsp3) is 0.600. The first kappa shape index (κ1) is 12.7. The molecule has 0 unspecified atom stereocenters. The van der Waals surface area contributed by atoms with E-state index in [1.165, 1.54) is 6.92 Å². The zero-order valence-corrected chi connectivity index (χ0v) is 8.51. The van der Waals surface area contributed by atoms with Crippen LogP contribution in [0, 0.1) is 0 Å². The molecule has 4 heteroatoms. The van der Waals surface area contributed by atoms with Gasteiger partial charge < -0.3 is 10.4 Å². The maximum Gasteiger partial charge on any atom is 0.330 e. The Morgan fingerprint density at radius 2 is 1.93 bits per heavy atom. The van der Waals surface area contributed by atoms with Gasteiger partial charge in [-0.15, -0.1) is 0 Å². The van der Waals surface area contributed by atoms with Crippen molar-refractivity contribution in [2.24, 2.45) is 0 Å². The molecule has 2 N–H and O–H groups in total. The highest BCUT2D eigenvalue weighted by Crippen LogP contribution is 2.06. The van der Waals surface area contributed by atoms with Gasteiger partial charge in [-0.1, -0.05) is 13.0 Å². The lowest BCUT2D eigenvalue weighted by atomic mass is 10.1. The van der Waals surface area contributed by atoms with E-state index in [9.17, 15) is 9.59 Å². The van der Waals surface area contributed by atoms with Gasteiger partial charge in [-0.3, -0.25) is 4.79 Å². The molecule has 1 amide bonds. The molecule has 0 aliphatic heterocycles. The Bertz CT molecular complexity index is 223. The van der Waals surface area contributed by atoms with Crippen molar-refractivity contribution >= 4 is 11.9 Å². The number of amides is 1. The molecular formula is C10H17NO3. The molecule has 0 aromatic rings. The van der Waals surface area contributed by atoms with E-state index in [0.29, 0.717) is 13.0 Å². The number of nitrogens with one attached hydrogen (secondary N) is 1. The summed E-state index contributed by atoms with van der Waals surface area (Å²) in [5.74, 6) is -0.952. The van der Waals surface area contributed by atoms with Crippen molar-refractivity contribution in [3.63, 3.8) is 0 Å². The lowest BCUT2D eigenvalue weighted by Gasteiger charge is -2.02. The normalized spacial score (nSPS) is 9.50. The van der Waals surface area contributed by atoms with Gasteiger partial charge in [-0.25, -0.2) is 4.79 Å². The van der Waals surface area contributed by atoms with Crippen LogP contribution in [0.15, 0.2) is 12.2 Å². The highest BCUT2D eigenvalue weighted by atomic mass is 16.4. The summed E-state index contributed by atoms with van der Waals surface area (Å²) in [6.07, 6.45) is 3.12. The summed E-state index contributed by atoms with van der Waals surface area (Å²) < 4.78 is 0. The van der Waals surface area contributed by atoms with Crippen LogP contribution in [-0.4, -0.2) is 23.5 Å². The Labute approximate surface area is 84.0 Å². The van der Waals surface area contributed by atoms with Crippen molar-refractivity contribution in [1.29, 1.82) is 0 Å². The maximum atomic E-state index is 10.5. The van der Waals surface area contributed by atoms with Gasteiger partial charge in [0.15, 0.2) is 0 Å². The summed E-state index contributed by atoms with van der Waals surface area (Å²) in [4.78, 5) is 20.8. The molecule has 0 aliphatic carbocycles. The second kappa shape index (κ2) is 7.12. The van der Waals surface area contributed by atoms with E-state index in [1.54, 1.807) is 0 Å². The molecule has 80 valence electrons. The number of carboxylic acids is 1. The summed E-state index contributed by atoms with van der Waals surface area (Å²) in [5.41, 5.74) is 0.254. The van der Waals surface area contributed by atoms with Crippen LogP contribution < -0.4 is 5.32 Å². The predicted octanol–water partition coefficient (Wildman–Crippen LogP) is 1.32. The average Bonchev–Trinajstić information content (AvgIpc) is 2.09. The molecule has 4 nitrogen and oxygen atoms in total. The Morgan fingerprint density at radius 1 is 1.29 bits per heavy atom. The number of aliphatic carboxylic acids is 1. The lowest BCUT2D eigenvalue weighted by molar-refractivity contribution is -0.132. The topological polar surface area (TPSA) is 66.4 Å². The van der Waals surface area contributed by atoms with Crippen molar-refractivity contribution in [3.8, 4) is 0 Å². The van der Waals surface area contributed by atoms with Crippen LogP contribution >= 0.6 is 0 Å². The maximum absolute atomic E-state index is 10.5. The van der Waals surface area contributed by atoms with Crippen molar-refractivity contribution in [2.75, 3.05) is 6.54 Å². The molecule has 0 fully saturated rings. The fourth-order valence-corrected chi connectivity index (χ4v) is 1.01. The van der Waals surface area contributed by atoms with E-state index in [0.717, 1.165) is 19.3 Å². The van der Waals surface area contributed by atoms with Crippen molar-refractivity contribution < 1.29 is 14.7 Å². The Morgan fingerprint density at radius 3 is 2.43 bits per heavy atom. The number of carboxylic acid groups (broad SMARTS) is 1. The quantitative estimate of drug-likeness (QED) is 0.480. The highest BCUT2D eigenvalue weighted by Gasteiger charge is 2.02. The minimum absolute atomic E-state index is 0.0278. The van der Waals surface area contributed by atoms with Crippen molar-refractivity contribution in [3.05, 3.63) is 12.2 Å². The van der Waals surface area contributed by atoms with E-state index in [1.807, 2.05) is 0 Å². The van der Waals surface area contributed by atoms with E-state index < -0.39 is 5.97 Å². The molecule has 0 spiro atoms. The standard InChI is InChI=1S/C10H17NO3/c1-8(10(13)14)6-4-3-5-7-11-9(2)12/h1,3-7H2,2H3,(H,11,12)(H,13,14). The number of carbonyl (C=O) groups is 2. The summed E-state index contributed by atoms with van der Waals surface area (Å²) in [6.45, 7) is 5.57. The Balaban J connectivity index is 3.26. The third-order valence-corrected chi connectivity index (χ3v) is 1.83. The van der Waals surface area contributed by atoms with E-state index in [4.69, 9.17) is 5.11 Å². The van der Waals surface area contributed by atoms with E-state index in [2.05, 4.69) is 11.9 Å². The van der Waals surface area contributed by atoms with Crippen molar-refractivity contribution in [2.45, 2.75) is 32.6 Å². The molecule has 0 saturated heterocycles. The third-order valence-electron chi connectivity index (χ3n) is 1.83. The zero-order chi connectivity index (χ0) is 11.0. The third kappa shape index (κ3) is 7.34. The van der Waals surface area contributed by atoms with Gasteiger partial charge in [0, 0.05) is 19.0 Å². The van der Waals surface area contributed by atoms with Crippen LogP contribution in [0.4, 0.5) is 0 Å². The first-order valence-corrected chi connectivity index (χ1v) is 4.69. The smallest absolute Gasteiger partial charge is 0.330 e. The fourth-order valence-electron chi connectivity index (χ4n) is 1.01. The molecule has 0 radical (unpaired) electrons.